The maximum Gasteiger partial charge on any atom is 0.240 e. The second-order valence-corrected chi connectivity index (χ2v) is 8.84. The number of hydrogen-bond donors (Lipinski definition) is 0. The van der Waals surface area contributed by atoms with Crippen molar-refractivity contribution >= 4 is 23.4 Å². The van der Waals surface area contributed by atoms with Gasteiger partial charge in [0.25, 0.3) is 0 Å². The summed E-state index contributed by atoms with van der Waals surface area (Å²) in [5.74, 6) is 1.81. The van der Waals surface area contributed by atoms with Gasteiger partial charge in [-0.15, -0.1) is 0 Å². The summed E-state index contributed by atoms with van der Waals surface area (Å²) in [4.78, 5) is 31.9. The first kappa shape index (κ1) is 20.5. The van der Waals surface area contributed by atoms with Crippen LogP contribution in [0.5, 0.6) is 5.75 Å². The summed E-state index contributed by atoms with van der Waals surface area (Å²) in [5.41, 5.74) is 0.820. The van der Waals surface area contributed by atoms with Crippen molar-refractivity contribution in [1.82, 2.24) is 14.7 Å². The molecule has 3 aliphatic rings. The fourth-order valence-corrected chi connectivity index (χ4v) is 4.66. The molecule has 1 aliphatic carbocycles. The number of halogens is 1. The molecule has 2 saturated heterocycles. The van der Waals surface area contributed by atoms with Gasteiger partial charge in [-0.25, -0.2) is 0 Å². The maximum absolute atomic E-state index is 12.8. The van der Waals surface area contributed by atoms with Gasteiger partial charge >= 0.3 is 0 Å². The molecule has 3 fully saturated rings. The number of amides is 2. The molecule has 6 nitrogen and oxygen atoms in total. The number of methoxy groups -OCH3 is 1. The van der Waals surface area contributed by atoms with Crippen molar-refractivity contribution in [2.24, 2.45) is 5.92 Å². The van der Waals surface area contributed by atoms with Gasteiger partial charge in [0.1, 0.15) is 5.75 Å². The van der Waals surface area contributed by atoms with Crippen molar-refractivity contribution in [3.8, 4) is 5.75 Å². The number of hydrogen-bond acceptors (Lipinski definition) is 4. The third kappa shape index (κ3) is 4.86. The molecular formula is C22H30ClN3O3. The zero-order valence-electron chi connectivity index (χ0n) is 17.1. The molecule has 158 valence electrons. The molecule has 29 heavy (non-hydrogen) atoms. The first-order chi connectivity index (χ1) is 14.0. The topological polar surface area (TPSA) is 53.1 Å². The number of rotatable bonds is 6. The predicted molar refractivity (Wildman–Crippen MR) is 112 cm³/mol. The smallest absolute Gasteiger partial charge is 0.240 e. The highest BCUT2D eigenvalue weighted by atomic mass is 35.5. The third-order valence-corrected chi connectivity index (χ3v) is 6.72. The van der Waals surface area contributed by atoms with Crippen LogP contribution in [-0.4, -0.2) is 78.9 Å². The molecule has 0 unspecified atom stereocenters. The van der Waals surface area contributed by atoms with E-state index >= 15 is 0 Å². The number of benzene rings is 1. The Labute approximate surface area is 177 Å². The summed E-state index contributed by atoms with van der Waals surface area (Å²) in [6.07, 6.45) is 4.65. The molecule has 2 heterocycles. The van der Waals surface area contributed by atoms with E-state index in [4.69, 9.17) is 16.3 Å². The van der Waals surface area contributed by atoms with Gasteiger partial charge in [0.2, 0.25) is 11.8 Å². The Morgan fingerprint density at radius 2 is 1.97 bits per heavy atom. The van der Waals surface area contributed by atoms with Crippen LogP contribution in [0.25, 0.3) is 0 Å². The molecule has 1 atom stereocenters. The van der Waals surface area contributed by atoms with Crippen molar-refractivity contribution in [3.05, 3.63) is 28.8 Å². The number of carbonyl (C=O) groups is 2. The standard InChI is InChI=1S/C22H30ClN3O3/c1-29-18-6-5-17(19(23)14-18)13-21(27)25-9-2-8-24(11-12-25)20-7-10-26(22(20)28)15-16-3-4-16/h5-6,14,16,20H,2-4,7-13,15H2,1H3/t20-/m0/s1. The zero-order valence-corrected chi connectivity index (χ0v) is 17.9. The Hall–Kier alpha value is -1.79. The molecule has 1 saturated carbocycles. The molecule has 0 radical (unpaired) electrons. The van der Waals surface area contributed by atoms with Gasteiger partial charge in [-0.3, -0.25) is 14.5 Å². The average molecular weight is 420 g/mol. The minimum absolute atomic E-state index is 0.000153. The van der Waals surface area contributed by atoms with E-state index in [-0.39, 0.29) is 11.9 Å². The molecule has 0 N–H and O–H groups in total. The van der Waals surface area contributed by atoms with Crippen molar-refractivity contribution in [2.45, 2.75) is 38.1 Å². The number of nitrogens with zero attached hydrogens (tertiary/aromatic N) is 3. The number of ether oxygens (including phenoxy) is 1. The lowest BCUT2D eigenvalue weighted by atomic mass is 10.1. The monoisotopic (exact) mass is 419 g/mol. The van der Waals surface area contributed by atoms with Crippen molar-refractivity contribution < 1.29 is 14.3 Å². The highest BCUT2D eigenvalue weighted by Crippen LogP contribution is 2.32. The van der Waals surface area contributed by atoms with E-state index in [1.165, 1.54) is 12.8 Å². The van der Waals surface area contributed by atoms with Crippen molar-refractivity contribution in [2.75, 3.05) is 46.4 Å². The fourth-order valence-electron chi connectivity index (χ4n) is 4.43. The van der Waals surface area contributed by atoms with E-state index in [2.05, 4.69) is 9.80 Å². The van der Waals surface area contributed by atoms with Gasteiger partial charge in [-0.1, -0.05) is 17.7 Å². The third-order valence-electron chi connectivity index (χ3n) is 6.37. The highest BCUT2D eigenvalue weighted by Gasteiger charge is 2.38. The predicted octanol–water partition coefficient (Wildman–Crippen LogP) is 2.44. The van der Waals surface area contributed by atoms with Crippen molar-refractivity contribution in [1.29, 1.82) is 0 Å². The first-order valence-electron chi connectivity index (χ1n) is 10.7. The molecule has 7 heteroatoms. The van der Waals surface area contributed by atoms with Crippen LogP contribution in [-0.2, 0) is 16.0 Å². The Bertz CT molecular complexity index is 768. The zero-order chi connectivity index (χ0) is 20.4. The summed E-state index contributed by atoms with van der Waals surface area (Å²) >= 11 is 6.30. The van der Waals surface area contributed by atoms with Gasteiger partial charge in [-0.2, -0.15) is 0 Å². The van der Waals surface area contributed by atoms with Crippen LogP contribution in [0.15, 0.2) is 18.2 Å². The van der Waals surface area contributed by atoms with Crippen LogP contribution in [0.4, 0.5) is 0 Å². The van der Waals surface area contributed by atoms with E-state index in [1.54, 1.807) is 13.2 Å². The average Bonchev–Trinajstić information content (AvgIpc) is 3.50. The van der Waals surface area contributed by atoms with Crippen LogP contribution in [0, 0.1) is 5.92 Å². The van der Waals surface area contributed by atoms with Gasteiger partial charge in [0.15, 0.2) is 0 Å². The first-order valence-corrected chi connectivity index (χ1v) is 11.1. The van der Waals surface area contributed by atoms with E-state index in [0.29, 0.717) is 29.6 Å². The maximum atomic E-state index is 12.8. The molecular weight excluding hydrogens is 390 g/mol. The minimum atomic E-state index is -0.000153. The van der Waals surface area contributed by atoms with Gasteiger partial charge < -0.3 is 14.5 Å². The summed E-state index contributed by atoms with van der Waals surface area (Å²) < 4.78 is 5.17. The molecule has 2 amide bonds. The number of carbonyl (C=O) groups excluding carboxylic acids is 2. The normalized spacial score (nSPS) is 23.4. The van der Waals surface area contributed by atoms with Crippen LogP contribution in [0.3, 0.4) is 0 Å². The molecule has 0 spiro atoms. The summed E-state index contributed by atoms with van der Waals surface area (Å²) in [6.45, 7) is 4.86. The Morgan fingerprint density at radius 1 is 1.14 bits per heavy atom. The van der Waals surface area contributed by atoms with Gasteiger partial charge in [0, 0.05) is 44.3 Å². The lowest BCUT2D eigenvalue weighted by Crippen LogP contribution is -2.44. The second kappa shape index (κ2) is 8.92. The van der Waals surface area contributed by atoms with E-state index in [9.17, 15) is 9.59 Å². The van der Waals surface area contributed by atoms with Crippen LogP contribution < -0.4 is 4.74 Å². The van der Waals surface area contributed by atoms with Crippen LogP contribution in [0.1, 0.15) is 31.2 Å². The lowest BCUT2D eigenvalue weighted by molar-refractivity contribution is -0.132. The summed E-state index contributed by atoms with van der Waals surface area (Å²) in [5, 5.41) is 0.557. The molecule has 4 rings (SSSR count). The molecule has 1 aromatic rings. The molecule has 1 aromatic carbocycles. The summed E-state index contributed by atoms with van der Waals surface area (Å²) in [6, 6.07) is 5.43. The Morgan fingerprint density at radius 3 is 2.69 bits per heavy atom. The molecule has 2 aliphatic heterocycles. The quantitative estimate of drug-likeness (QED) is 0.710. The molecule has 0 bridgehead atoms. The Balaban J connectivity index is 1.31. The van der Waals surface area contributed by atoms with E-state index in [1.807, 2.05) is 17.0 Å². The van der Waals surface area contributed by atoms with Crippen LogP contribution >= 0.6 is 11.6 Å². The van der Waals surface area contributed by atoms with Gasteiger partial charge in [0.05, 0.1) is 19.6 Å². The number of likely N-dealkylation sites (tertiary alicyclic amines) is 1. The largest absolute Gasteiger partial charge is 0.497 e. The fraction of sp³-hybridized carbons (Fsp3) is 0.636. The minimum Gasteiger partial charge on any atom is -0.497 e. The molecule has 0 aromatic heterocycles. The van der Waals surface area contributed by atoms with E-state index in [0.717, 1.165) is 57.0 Å². The SMILES string of the molecule is COc1ccc(CC(=O)N2CCCN([C@H]3CCN(CC4CC4)C3=O)CC2)c(Cl)c1. The van der Waals surface area contributed by atoms with Gasteiger partial charge in [-0.05, 0) is 49.3 Å². The van der Waals surface area contributed by atoms with Crippen molar-refractivity contribution in [3.63, 3.8) is 0 Å². The Kier molecular flexibility index (Phi) is 6.30. The van der Waals surface area contributed by atoms with E-state index < -0.39 is 0 Å². The summed E-state index contributed by atoms with van der Waals surface area (Å²) in [7, 11) is 1.60. The van der Waals surface area contributed by atoms with Crippen LogP contribution in [0.2, 0.25) is 5.02 Å². The highest BCUT2D eigenvalue weighted by molar-refractivity contribution is 6.31. The lowest BCUT2D eigenvalue weighted by Gasteiger charge is -2.26. The second-order valence-electron chi connectivity index (χ2n) is 8.44.